The Bertz CT molecular complexity index is 933. The molecular formula is C17H15F2N5O2S. The van der Waals surface area contributed by atoms with Crippen LogP contribution in [0.25, 0.3) is 0 Å². The van der Waals surface area contributed by atoms with E-state index in [2.05, 4.69) is 20.8 Å². The maximum absolute atomic E-state index is 13.2. The first-order valence-electron chi connectivity index (χ1n) is 7.82. The number of hydrogen-bond acceptors (Lipinski definition) is 6. The number of methoxy groups -OCH3 is 1. The number of halogens is 2. The second-order valence-electron chi connectivity index (χ2n) is 5.43. The van der Waals surface area contributed by atoms with Gasteiger partial charge in [0.05, 0.1) is 19.4 Å². The summed E-state index contributed by atoms with van der Waals surface area (Å²) >= 11 is 1.14. The van der Waals surface area contributed by atoms with Crippen LogP contribution in [0.15, 0.2) is 47.6 Å². The van der Waals surface area contributed by atoms with Gasteiger partial charge in [0.2, 0.25) is 11.1 Å². The number of hydrogen-bond donors (Lipinski definition) is 1. The molecule has 0 unspecified atom stereocenters. The topological polar surface area (TPSA) is 81.9 Å². The third-order valence-corrected chi connectivity index (χ3v) is 4.48. The van der Waals surface area contributed by atoms with E-state index in [1.807, 2.05) is 24.3 Å². The minimum Gasteiger partial charge on any atom is -0.497 e. The lowest BCUT2D eigenvalue weighted by Crippen LogP contribution is -2.15. The molecule has 2 aromatic carbocycles. The van der Waals surface area contributed by atoms with Crippen molar-refractivity contribution in [1.82, 2.24) is 20.2 Å². The van der Waals surface area contributed by atoms with Crippen LogP contribution in [0.1, 0.15) is 5.56 Å². The number of carbonyl (C=O) groups excluding carboxylic acids is 1. The Morgan fingerprint density at radius 1 is 1.19 bits per heavy atom. The minimum atomic E-state index is -1.02. The van der Waals surface area contributed by atoms with Crippen LogP contribution in [0.4, 0.5) is 14.5 Å². The normalized spacial score (nSPS) is 10.6. The molecule has 1 N–H and O–H groups in total. The SMILES string of the molecule is COc1ccc(Cn2nnnc2SCC(=O)Nc2ccc(F)c(F)c2)cc1. The van der Waals surface area contributed by atoms with Gasteiger partial charge in [-0.2, -0.15) is 0 Å². The molecular weight excluding hydrogens is 376 g/mol. The molecule has 0 aliphatic heterocycles. The molecule has 0 saturated heterocycles. The average Bonchev–Trinajstić information content (AvgIpc) is 3.11. The number of benzene rings is 2. The number of aromatic nitrogens is 4. The highest BCUT2D eigenvalue weighted by Gasteiger charge is 2.12. The molecule has 3 rings (SSSR count). The number of amides is 1. The zero-order chi connectivity index (χ0) is 19.2. The van der Waals surface area contributed by atoms with Crippen molar-refractivity contribution in [2.75, 3.05) is 18.2 Å². The van der Waals surface area contributed by atoms with Gasteiger partial charge in [-0.1, -0.05) is 23.9 Å². The fourth-order valence-corrected chi connectivity index (χ4v) is 2.88. The Hall–Kier alpha value is -3.01. The van der Waals surface area contributed by atoms with Gasteiger partial charge in [0.15, 0.2) is 11.6 Å². The number of carbonyl (C=O) groups is 1. The smallest absolute Gasteiger partial charge is 0.234 e. The third-order valence-electron chi connectivity index (χ3n) is 3.53. The van der Waals surface area contributed by atoms with E-state index >= 15 is 0 Å². The van der Waals surface area contributed by atoms with Crippen molar-refractivity contribution in [1.29, 1.82) is 0 Å². The Balaban J connectivity index is 1.57. The molecule has 0 atom stereocenters. The number of thioether (sulfide) groups is 1. The maximum Gasteiger partial charge on any atom is 0.234 e. The van der Waals surface area contributed by atoms with E-state index in [1.165, 1.54) is 6.07 Å². The second-order valence-corrected chi connectivity index (χ2v) is 6.38. The molecule has 27 heavy (non-hydrogen) atoms. The van der Waals surface area contributed by atoms with Crippen molar-refractivity contribution in [2.45, 2.75) is 11.7 Å². The zero-order valence-electron chi connectivity index (χ0n) is 14.2. The van der Waals surface area contributed by atoms with Crippen molar-refractivity contribution in [3.8, 4) is 5.75 Å². The van der Waals surface area contributed by atoms with Gasteiger partial charge in [0.25, 0.3) is 0 Å². The molecule has 3 aromatic rings. The van der Waals surface area contributed by atoms with E-state index in [0.29, 0.717) is 11.7 Å². The number of nitrogens with zero attached hydrogens (tertiary/aromatic N) is 4. The Morgan fingerprint density at radius 2 is 1.96 bits per heavy atom. The third kappa shape index (κ3) is 5.00. The van der Waals surface area contributed by atoms with Crippen molar-refractivity contribution in [3.05, 3.63) is 59.7 Å². The maximum atomic E-state index is 13.2. The summed E-state index contributed by atoms with van der Waals surface area (Å²) < 4.78 is 32.8. The quantitative estimate of drug-likeness (QED) is 0.624. The summed E-state index contributed by atoms with van der Waals surface area (Å²) in [6.45, 7) is 0.435. The molecule has 140 valence electrons. The van der Waals surface area contributed by atoms with Gasteiger partial charge < -0.3 is 10.1 Å². The van der Waals surface area contributed by atoms with Crippen LogP contribution in [-0.2, 0) is 11.3 Å². The number of tetrazole rings is 1. The van der Waals surface area contributed by atoms with Crippen LogP contribution in [-0.4, -0.2) is 39.0 Å². The van der Waals surface area contributed by atoms with E-state index in [9.17, 15) is 13.6 Å². The number of nitrogens with one attached hydrogen (secondary N) is 1. The fraction of sp³-hybridized carbons (Fsp3) is 0.176. The first-order chi connectivity index (χ1) is 13.0. The molecule has 7 nitrogen and oxygen atoms in total. The first kappa shape index (κ1) is 18.8. The average molecular weight is 391 g/mol. The Labute approximate surface area is 157 Å². The van der Waals surface area contributed by atoms with Crippen LogP contribution in [0.2, 0.25) is 0 Å². The Morgan fingerprint density at radius 3 is 2.67 bits per heavy atom. The molecule has 0 bridgehead atoms. The van der Waals surface area contributed by atoms with Gasteiger partial charge in [-0.05, 0) is 40.3 Å². The number of anilines is 1. The predicted octanol–water partition coefficient (Wildman–Crippen LogP) is 2.74. The van der Waals surface area contributed by atoms with Crippen LogP contribution in [0, 0.1) is 11.6 Å². The van der Waals surface area contributed by atoms with E-state index < -0.39 is 11.6 Å². The standard InChI is InChI=1S/C17H15F2N5O2S/c1-26-13-5-2-11(3-6-13)9-24-17(21-22-23-24)27-10-16(25)20-12-4-7-14(18)15(19)8-12/h2-8H,9-10H2,1H3,(H,20,25). The van der Waals surface area contributed by atoms with Gasteiger partial charge in [-0.3, -0.25) is 4.79 Å². The van der Waals surface area contributed by atoms with Gasteiger partial charge in [-0.15, -0.1) is 5.10 Å². The summed E-state index contributed by atoms with van der Waals surface area (Å²) in [5, 5.41) is 14.4. The predicted molar refractivity (Wildman–Crippen MR) is 95.6 cm³/mol. The molecule has 10 heteroatoms. The summed E-state index contributed by atoms with van der Waals surface area (Å²) in [4.78, 5) is 12.0. The summed E-state index contributed by atoms with van der Waals surface area (Å²) in [5.74, 6) is -1.62. The van der Waals surface area contributed by atoms with Crippen molar-refractivity contribution >= 4 is 23.4 Å². The van der Waals surface area contributed by atoms with Crippen LogP contribution in [0.5, 0.6) is 5.75 Å². The van der Waals surface area contributed by atoms with E-state index in [4.69, 9.17) is 4.74 Å². The monoisotopic (exact) mass is 391 g/mol. The molecule has 0 radical (unpaired) electrons. The van der Waals surface area contributed by atoms with Gasteiger partial charge in [0.1, 0.15) is 5.75 Å². The van der Waals surface area contributed by atoms with Crippen LogP contribution in [0.3, 0.4) is 0 Å². The fourth-order valence-electron chi connectivity index (χ4n) is 2.20. The van der Waals surface area contributed by atoms with Crippen LogP contribution >= 0.6 is 11.8 Å². The zero-order valence-corrected chi connectivity index (χ0v) is 15.0. The van der Waals surface area contributed by atoms with E-state index in [-0.39, 0.29) is 17.3 Å². The molecule has 1 heterocycles. The van der Waals surface area contributed by atoms with Gasteiger partial charge in [-0.25, -0.2) is 13.5 Å². The van der Waals surface area contributed by atoms with Gasteiger partial charge >= 0.3 is 0 Å². The van der Waals surface area contributed by atoms with E-state index in [0.717, 1.165) is 35.2 Å². The summed E-state index contributed by atoms with van der Waals surface area (Å²) in [7, 11) is 1.59. The highest BCUT2D eigenvalue weighted by molar-refractivity contribution is 7.99. The minimum absolute atomic E-state index is 0.0159. The molecule has 1 aromatic heterocycles. The molecule has 0 aliphatic carbocycles. The lowest BCUT2D eigenvalue weighted by molar-refractivity contribution is -0.113. The summed E-state index contributed by atoms with van der Waals surface area (Å²) in [6.07, 6.45) is 0. The molecule has 1 amide bonds. The molecule has 0 spiro atoms. The van der Waals surface area contributed by atoms with Crippen molar-refractivity contribution in [3.63, 3.8) is 0 Å². The lowest BCUT2D eigenvalue weighted by atomic mass is 10.2. The summed E-state index contributed by atoms with van der Waals surface area (Å²) in [6, 6.07) is 10.6. The molecule has 0 saturated carbocycles. The largest absolute Gasteiger partial charge is 0.497 e. The number of ether oxygens (including phenoxy) is 1. The number of rotatable bonds is 7. The molecule has 0 aliphatic rings. The van der Waals surface area contributed by atoms with Crippen molar-refractivity contribution in [2.24, 2.45) is 0 Å². The van der Waals surface area contributed by atoms with Gasteiger partial charge in [0, 0.05) is 11.8 Å². The highest BCUT2D eigenvalue weighted by Crippen LogP contribution is 2.18. The van der Waals surface area contributed by atoms with Crippen LogP contribution < -0.4 is 10.1 Å². The van der Waals surface area contributed by atoms with E-state index in [1.54, 1.807) is 11.8 Å². The Kier molecular flexibility index (Phi) is 5.97. The van der Waals surface area contributed by atoms with Crippen molar-refractivity contribution < 1.29 is 18.3 Å². The summed E-state index contributed by atoms with van der Waals surface area (Å²) in [5.41, 5.74) is 1.15. The highest BCUT2D eigenvalue weighted by atomic mass is 32.2. The lowest BCUT2D eigenvalue weighted by Gasteiger charge is -2.07. The second kappa shape index (κ2) is 8.58. The first-order valence-corrected chi connectivity index (χ1v) is 8.80. The molecule has 0 fully saturated rings.